The summed E-state index contributed by atoms with van der Waals surface area (Å²) in [6.45, 7) is 0. The summed E-state index contributed by atoms with van der Waals surface area (Å²) in [5.74, 6) is -1.07. The van der Waals surface area contributed by atoms with Crippen molar-refractivity contribution < 1.29 is 14.7 Å². The molecule has 1 aliphatic heterocycles. The molecule has 0 aromatic carbocycles. The van der Waals surface area contributed by atoms with Crippen LogP contribution in [0.2, 0.25) is 0 Å². The van der Waals surface area contributed by atoms with E-state index in [0.717, 1.165) is 0 Å². The first kappa shape index (κ1) is 7.93. The summed E-state index contributed by atoms with van der Waals surface area (Å²) in [5, 5.41) is 13.0. The van der Waals surface area contributed by atoms with Gasteiger partial charge >= 0.3 is 12.0 Å². The first-order valence-electron chi connectivity index (χ1n) is 2.93. The standard InChI is InChI=1S/C5H6N2O3S/c8-4(9)2-1-3(11)7-5(10)6-2/h2H,1H2,(H,8,9)(H2,6,7,10,11)/t2-/m1/s1. The van der Waals surface area contributed by atoms with E-state index in [9.17, 15) is 9.59 Å². The number of urea groups is 1. The van der Waals surface area contributed by atoms with Crippen LogP contribution in [0.1, 0.15) is 6.42 Å². The van der Waals surface area contributed by atoms with Gasteiger partial charge in [0.05, 0.1) is 4.99 Å². The molecule has 0 radical (unpaired) electrons. The molecular weight excluding hydrogens is 168 g/mol. The SMILES string of the molecule is O=C1NC(=S)C[C@H](C(=O)O)N1. The molecule has 1 heterocycles. The Morgan fingerprint density at radius 2 is 2.36 bits per heavy atom. The zero-order valence-corrected chi connectivity index (χ0v) is 6.27. The molecule has 0 spiro atoms. The van der Waals surface area contributed by atoms with Crippen molar-refractivity contribution in [3.05, 3.63) is 0 Å². The highest BCUT2D eigenvalue weighted by Crippen LogP contribution is 1.98. The normalized spacial score (nSPS) is 23.8. The van der Waals surface area contributed by atoms with Crippen LogP contribution >= 0.6 is 12.2 Å². The van der Waals surface area contributed by atoms with Gasteiger partial charge in [-0.2, -0.15) is 0 Å². The van der Waals surface area contributed by atoms with Gasteiger partial charge in [0, 0.05) is 6.42 Å². The zero-order valence-electron chi connectivity index (χ0n) is 5.46. The molecule has 6 heteroatoms. The largest absolute Gasteiger partial charge is 0.480 e. The Hall–Kier alpha value is -1.17. The average Bonchev–Trinajstić information content (AvgIpc) is 1.85. The van der Waals surface area contributed by atoms with Gasteiger partial charge in [0.1, 0.15) is 6.04 Å². The van der Waals surface area contributed by atoms with E-state index in [0.29, 0.717) is 0 Å². The van der Waals surface area contributed by atoms with Crippen LogP contribution in [0.3, 0.4) is 0 Å². The van der Waals surface area contributed by atoms with Crippen molar-refractivity contribution in [1.29, 1.82) is 0 Å². The third-order valence-electron chi connectivity index (χ3n) is 1.25. The van der Waals surface area contributed by atoms with Crippen LogP contribution in [-0.4, -0.2) is 28.1 Å². The maximum Gasteiger partial charge on any atom is 0.326 e. The number of carboxylic acid groups (broad SMARTS) is 1. The Labute approximate surface area is 67.8 Å². The van der Waals surface area contributed by atoms with Crippen LogP contribution in [0.5, 0.6) is 0 Å². The lowest BCUT2D eigenvalue weighted by molar-refractivity contribution is -0.139. The second-order valence-corrected chi connectivity index (χ2v) is 2.61. The van der Waals surface area contributed by atoms with Crippen LogP contribution in [0.15, 0.2) is 0 Å². The number of rotatable bonds is 1. The molecule has 1 fully saturated rings. The molecule has 1 atom stereocenters. The van der Waals surface area contributed by atoms with E-state index in [-0.39, 0.29) is 11.4 Å². The summed E-state index contributed by atoms with van der Waals surface area (Å²) < 4.78 is 0. The quantitative estimate of drug-likeness (QED) is 0.467. The van der Waals surface area contributed by atoms with Gasteiger partial charge in [-0.3, -0.25) is 0 Å². The predicted molar refractivity (Wildman–Crippen MR) is 40.3 cm³/mol. The topological polar surface area (TPSA) is 78.4 Å². The molecule has 1 saturated heterocycles. The van der Waals surface area contributed by atoms with Crippen molar-refractivity contribution in [3.63, 3.8) is 0 Å². The number of thiocarbonyl (C=S) groups is 1. The van der Waals surface area contributed by atoms with Gasteiger partial charge in [0.15, 0.2) is 0 Å². The molecule has 11 heavy (non-hydrogen) atoms. The summed E-state index contributed by atoms with van der Waals surface area (Å²) in [5.41, 5.74) is 0. The van der Waals surface area contributed by atoms with Crippen molar-refractivity contribution in [1.82, 2.24) is 10.6 Å². The number of nitrogens with one attached hydrogen (secondary N) is 2. The lowest BCUT2D eigenvalue weighted by Gasteiger charge is -2.20. The maximum atomic E-state index is 10.6. The monoisotopic (exact) mass is 174 g/mol. The average molecular weight is 174 g/mol. The van der Waals surface area contributed by atoms with E-state index in [1.54, 1.807) is 0 Å². The Kier molecular flexibility index (Phi) is 2.04. The third kappa shape index (κ3) is 1.87. The van der Waals surface area contributed by atoms with Crippen molar-refractivity contribution in [2.45, 2.75) is 12.5 Å². The molecule has 60 valence electrons. The molecule has 0 unspecified atom stereocenters. The van der Waals surface area contributed by atoms with E-state index < -0.39 is 18.0 Å². The lowest BCUT2D eigenvalue weighted by atomic mass is 10.2. The zero-order chi connectivity index (χ0) is 8.43. The Morgan fingerprint density at radius 1 is 1.73 bits per heavy atom. The van der Waals surface area contributed by atoms with E-state index in [1.807, 2.05) is 0 Å². The molecule has 5 nitrogen and oxygen atoms in total. The summed E-state index contributed by atoms with van der Waals surface area (Å²) in [6.07, 6.45) is 0.163. The molecule has 3 N–H and O–H groups in total. The van der Waals surface area contributed by atoms with Crippen LogP contribution in [0.25, 0.3) is 0 Å². The van der Waals surface area contributed by atoms with Gasteiger partial charge in [-0.05, 0) is 0 Å². The number of hydrogen-bond donors (Lipinski definition) is 3. The minimum Gasteiger partial charge on any atom is -0.480 e. The van der Waals surface area contributed by atoms with Crippen molar-refractivity contribution in [3.8, 4) is 0 Å². The van der Waals surface area contributed by atoms with Crippen molar-refractivity contribution in [2.75, 3.05) is 0 Å². The molecule has 1 rings (SSSR count). The molecular formula is C5H6N2O3S. The van der Waals surface area contributed by atoms with Gasteiger partial charge in [0.2, 0.25) is 0 Å². The number of hydrogen-bond acceptors (Lipinski definition) is 3. The molecule has 2 amide bonds. The second-order valence-electron chi connectivity index (χ2n) is 2.12. The highest BCUT2D eigenvalue weighted by Gasteiger charge is 2.26. The maximum absolute atomic E-state index is 10.6. The highest BCUT2D eigenvalue weighted by atomic mass is 32.1. The lowest BCUT2D eigenvalue weighted by Crippen LogP contribution is -2.54. The van der Waals surface area contributed by atoms with E-state index in [4.69, 9.17) is 5.11 Å². The summed E-state index contributed by atoms with van der Waals surface area (Å²) in [6, 6.07) is -1.43. The van der Waals surface area contributed by atoms with Gasteiger partial charge in [0.25, 0.3) is 0 Å². The molecule has 0 aliphatic carbocycles. The van der Waals surface area contributed by atoms with E-state index in [1.165, 1.54) is 0 Å². The van der Waals surface area contributed by atoms with Crippen LogP contribution < -0.4 is 10.6 Å². The van der Waals surface area contributed by atoms with Crippen LogP contribution in [0.4, 0.5) is 4.79 Å². The van der Waals surface area contributed by atoms with Gasteiger partial charge in [-0.15, -0.1) is 0 Å². The van der Waals surface area contributed by atoms with E-state index >= 15 is 0 Å². The fraction of sp³-hybridized carbons (Fsp3) is 0.400. The van der Waals surface area contributed by atoms with Crippen molar-refractivity contribution in [2.24, 2.45) is 0 Å². The summed E-state index contributed by atoms with van der Waals surface area (Å²) >= 11 is 4.64. The van der Waals surface area contributed by atoms with Gasteiger partial charge < -0.3 is 15.7 Å². The number of amides is 2. The van der Waals surface area contributed by atoms with E-state index in [2.05, 4.69) is 22.9 Å². The molecule has 1 aliphatic rings. The number of aliphatic carboxylic acids is 1. The summed E-state index contributed by atoms with van der Waals surface area (Å²) in [7, 11) is 0. The summed E-state index contributed by atoms with van der Waals surface area (Å²) in [4.78, 5) is 21.2. The fourth-order valence-corrected chi connectivity index (χ4v) is 1.02. The molecule has 0 aromatic heterocycles. The van der Waals surface area contributed by atoms with Gasteiger partial charge in [-0.1, -0.05) is 12.2 Å². The molecule has 0 bridgehead atoms. The fourth-order valence-electron chi connectivity index (χ4n) is 0.757. The molecule has 0 saturated carbocycles. The second kappa shape index (κ2) is 2.83. The highest BCUT2D eigenvalue weighted by molar-refractivity contribution is 7.80. The van der Waals surface area contributed by atoms with Crippen molar-refractivity contribution >= 4 is 29.2 Å². The van der Waals surface area contributed by atoms with Crippen LogP contribution in [0, 0.1) is 0 Å². The number of carbonyl (C=O) groups is 2. The Bertz CT molecular complexity index is 212. The number of carbonyl (C=O) groups excluding carboxylic acids is 1. The minimum absolute atomic E-state index is 0.163. The smallest absolute Gasteiger partial charge is 0.326 e. The first-order valence-corrected chi connectivity index (χ1v) is 3.33. The van der Waals surface area contributed by atoms with Gasteiger partial charge in [-0.25, -0.2) is 9.59 Å². The Morgan fingerprint density at radius 3 is 2.82 bits per heavy atom. The third-order valence-corrected chi connectivity index (χ3v) is 1.51. The predicted octanol–water partition coefficient (Wildman–Crippen LogP) is -0.530. The Balaban J connectivity index is 2.63. The minimum atomic E-state index is -1.07. The molecule has 0 aromatic rings. The number of carboxylic acids is 1. The van der Waals surface area contributed by atoms with Crippen LogP contribution in [-0.2, 0) is 4.79 Å². The first-order chi connectivity index (χ1) is 5.09.